The molecule has 0 aliphatic heterocycles. The topological polar surface area (TPSA) is 0 Å². The number of halogens is 4. The van der Waals surface area contributed by atoms with E-state index in [4.69, 9.17) is 11.6 Å². The Kier molecular flexibility index (Phi) is 4.06. The molecule has 5 heteroatoms. The fourth-order valence-corrected chi connectivity index (χ4v) is 4.39. The summed E-state index contributed by atoms with van der Waals surface area (Å²) >= 11 is 14.4. The van der Waals surface area contributed by atoms with E-state index < -0.39 is 0 Å². The molecular weight excluding hydrogens is 378 g/mol. The first-order valence-corrected chi connectivity index (χ1v) is 7.38. The van der Waals surface area contributed by atoms with E-state index in [1.165, 1.54) is 6.07 Å². The average Bonchev–Trinajstić information content (AvgIpc) is 2.68. The molecule has 0 bridgehead atoms. The molecule has 2 aromatic rings. The van der Waals surface area contributed by atoms with Gasteiger partial charge in [0.2, 0.25) is 0 Å². The van der Waals surface area contributed by atoms with E-state index in [1.54, 1.807) is 17.4 Å². The smallest absolute Gasteiger partial charge is 0.137 e. The lowest BCUT2D eigenvalue weighted by atomic mass is 10.1. The van der Waals surface area contributed by atoms with Gasteiger partial charge < -0.3 is 0 Å². The molecule has 16 heavy (non-hydrogen) atoms. The van der Waals surface area contributed by atoms with Gasteiger partial charge in [0.1, 0.15) is 5.82 Å². The molecule has 0 saturated carbocycles. The van der Waals surface area contributed by atoms with E-state index in [1.807, 2.05) is 17.5 Å². The molecule has 0 saturated heterocycles. The third-order valence-corrected chi connectivity index (χ3v) is 5.64. The van der Waals surface area contributed by atoms with Gasteiger partial charge in [0.05, 0.1) is 14.3 Å². The summed E-state index contributed by atoms with van der Waals surface area (Å²) in [5, 5.41) is 2.61. The van der Waals surface area contributed by atoms with Crippen molar-refractivity contribution in [2.24, 2.45) is 0 Å². The maximum absolute atomic E-state index is 13.4. The van der Waals surface area contributed by atoms with E-state index >= 15 is 0 Å². The summed E-state index contributed by atoms with van der Waals surface area (Å²) in [5.41, 5.74) is 0.837. The van der Waals surface area contributed by atoms with Crippen LogP contribution in [0, 0.1) is 5.82 Å². The van der Waals surface area contributed by atoms with Gasteiger partial charge >= 0.3 is 0 Å². The normalized spacial score (nSPS) is 12.8. The highest BCUT2D eigenvalue weighted by atomic mass is 79.9. The second-order valence-corrected chi connectivity index (χ2v) is 6.20. The van der Waals surface area contributed by atoms with Crippen LogP contribution in [-0.4, -0.2) is 0 Å². The Morgan fingerprint density at radius 1 is 1.31 bits per heavy atom. The molecule has 0 fully saturated rings. The minimum Gasteiger partial charge on any atom is -0.206 e. The van der Waals surface area contributed by atoms with E-state index in [0.717, 1.165) is 10.4 Å². The Balaban J connectivity index is 2.46. The van der Waals surface area contributed by atoms with E-state index in [2.05, 4.69) is 31.9 Å². The van der Waals surface area contributed by atoms with E-state index in [9.17, 15) is 4.39 Å². The van der Waals surface area contributed by atoms with Gasteiger partial charge in [-0.15, -0.1) is 11.3 Å². The minimum atomic E-state index is -0.269. The summed E-state index contributed by atoms with van der Waals surface area (Å²) in [6.07, 6.45) is 0. The van der Waals surface area contributed by atoms with Crippen LogP contribution in [0.15, 0.2) is 34.1 Å². The van der Waals surface area contributed by atoms with Gasteiger partial charge in [0.25, 0.3) is 0 Å². The lowest BCUT2D eigenvalue weighted by molar-refractivity contribution is 0.619. The largest absolute Gasteiger partial charge is 0.206 e. The van der Waals surface area contributed by atoms with Crippen molar-refractivity contribution in [1.82, 2.24) is 0 Å². The highest BCUT2D eigenvalue weighted by Gasteiger charge is 2.19. The molecule has 1 aromatic heterocycles. The molecule has 1 heterocycles. The van der Waals surface area contributed by atoms with Crippen molar-refractivity contribution in [3.05, 3.63) is 55.4 Å². The average molecular weight is 384 g/mol. The fourth-order valence-electron chi connectivity index (χ4n) is 1.34. The molecule has 0 amide bonds. The van der Waals surface area contributed by atoms with Crippen LogP contribution in [0.4, 0.5) is 4.39 Å². The SMILES string of the molecule is Fc1cccc(C(Br)c2sccc2Cl)c1Br. The number of hydrogen-bond acceptors (Lipinski definition) is 1. The van der Waals surface area contributed by atoms with Crippen molar-refractivity contribution >= 4 is 54.8 Å². The quantitative estimate of drug-likeness (QED) is 0.575. The summed E-state index contributed by atoms with van der Waals surface area (Å²) in [6.45, 7) is 0. The van der Waals surface area contributed by atoms with Crippen molar-refractivity contribution in [2.75, 3.05) is 0 Å². The van der Waals surface area contributed by atoms with Crippen LogP contribution in [-0.2, 0) is 0 Å². The van der Waals surface area contributed by atoms with Gasteiger partial charge in [-0.1, -0.05) is 39.7 Å². The second-order valence-electron chi connectivity index (χ2n) is 3.14. The van der Waals surface area contributed by atoms with Crippen molar-refractivity contribution < 1.29 is 4.39 Å². The first-order chi connectivity index (χ1) is 7.61. The molecular formula is C11H6Br2ClFS. The Hall–Kier alpha value is 0.1000. The molecule has 1 unspecified atom stereocenters. The molecule has 1 atom stereocenters. The van der Waals surface area contributed by atoms with Crippen LogP contribution < -0.4 is 0 Å². The van der Waals surface area contributed by atoms with Gasteiger partial charge in [0.15, 0.2) is 0 Å². The first-order valence-electron chi connectivity index (χ1n) is 4.42. The summed E-state index contributed by atoms with van der Waals surface area (Å²) in [4.78, 5) is 0.887. The summed E-state index contributed by atoms with van der Waals surface area (Å²) in [7, 11) is 0. The molecule has 0 spiro atoms. The first kappa shape index (κ1) is 12.6. The zero-order chi connectivity index (χ0) is 11.7. The predicted octanol–water partition coefficient (Wildman–Crippen LogP) is 5.79. The highest BCUT2D eigenvalue weighted by Crippen LogP contribution is 2.41. The lowest BCUT2D eigenvalue weighted by Gasteiger charge is -2.11. The Labute approximate surface area is 119 Å². The summed E-state index contributed by atoms with van der Waals surface area (Å²) in [5.74, 6) is -0.269. The van der Waals surface area contributed by atoms with Gasteiger partial charge in [0, 0.05) is 4.88 Å². The number of thiophene rings is 1. The second kappa shape index (κ2) is 5.17. The van der Waals surface area contributed by atoms with Crippen LogP contribution in [0.5, 0.6) is 0 Å². The monoisotopic (exact) mass is 382 g/mol. The van der Waals surface area contributed by atoms with Crippen molar-refractivity contribution in [2.45, 2.75) is 4.83 Å². The standard InChI is InChI=1S/C11H6Br2ClFS/c12-9-6(2-1-3-8(9)15)10(13)11-7(14)4-5-16-11/h1-5,10H. The van der Waals surface area contributed by atoms with Gasteiger partial charge in [-0.25, -0.2) is 4.39 Å². The predicted molar refractivity (Wildman–Crippen MR) is 74.2 cm³/mol. The highest BCUT2D eigenvalue weighted by molar-refractivity contribution is 9.11. The van der Waals surface area contributed by atoms with Crippen molar-refractivity contribution in [1.29, 1.82) is 0 Å². The summed E-state index contributed by atoms with van der Waals surface area (Å²) in [6, 6.07) is 6.81. The Morgan fingerprint density at radius 2 is 2.06 bits per heavy atom. The van der Waals surface area contributed by atoms with Gasteiger partial charge in [-0.2, -0.15) is 0 Å². The van der Waals surface area contributed by atoms with Gasteiger partial charge in [-0.05, 0) is 39.0 Å². The number of hydrogen-bond donors (Lipinski definition) is 0. The van der Waals surface area contributed by atoms with Crippen LogP contribution in [0.25, 0.3) is 0 Å². The fraction of sp³-hybridized carbons (Fsp3) is 0.0909. The summed E-state index contributed by atoms with van der Waals surface area (Å²) < 4.78 is 13.9. The van der Waals surface area contributed by atoms with E-state index in [-0.39, 0.29) is 10.6 Å². The molecule has 0 nitrogen and oxygen atoms in total. The van der Waals surface area contributed by atoms with Crippen molar-refractivity contribution in [3.63, 3.8) is 0 Å². The molecule has 0 aliphatic carbocycles. The number of benzene rings is 1. The minimum absolute atomic E-state index is 0.0925. The molecule has 2 rings (SSSR count). The maximum Gasteiger partial charge on any atom is 0.137 e. The van der Waals surface area contributed by atoms with Crippen molar-refractivity contribution in [3.8, 4) is 0 Å². The number of alkyl halides is 1. The van der Waals surface area contributed by atoms with E-state index in [0.29, 0.717) is 9.50 Å². The Bertz CT molecular complexity index is 512. The van der Waals surface area contributed by atoms with Crippen LogP contribution >= 0.6 is 54.8 Å². The third kappa shape index (κ3) is 2.35. The zero-order valence-corrected chi connectivity index (χ0v) is 12.6. The van der Waals surface area contributed by atoms with Gasteiger partial charge in [-0.3, -0.25) is 0 Å². The molecule has 0 aliphatic rings. The Morgan fingerprint density at radius 3 is 2.69 bits per heavy atom. The molecule has 0 radical (unpaired) electrons. The third-order valence-electron chi connectivity index (χ3n) is 2.13. The zero-order valence-electron chi connectivity index (χ0n) is 7.88. The van der Waals surface area contributed by atoms with Crippen LogP contribution in [0.1, 0.15) is 15.3 Å². The number of rotatable bonds is 2. The lowest BCUT2D eigenvalue weighted by Crippen LogP contribution is -1.93. The molecule has 0 N–H and O–H groups in total. The molecule has 1 aromatic carbocycles. The van der Waals surface area contributed by atoms with Crippen LogP contribution in [0.2, 0.25) is 5.02 Å². The maximum atomic E-state index is 13.4. The molecule has 84 valence electrons. The van der Waals surface area contributed by atoms with Crippen LogP contribution in [0.3, 0.4) is 0 Å².